The van der Waals surface area contributed by atoms with Gasteiger partial charge in [-0.1, -0.05) is 6.07 Å². The van der Waals surface area contributed by atoms with Crippen LogP contribution in [0.1, 0.15) is 30.3 Å². The van der Waals surface area contributed by atoms with Crippen molar-refractivity contribution in [1.82, 2.24) is 0 Å². The van der Waals surface area contributed by atoms with Gasteiger partial charge in [-0.05, 0) is 24.6 Å². The molecule has 33 heavy (non-hydrogen) atoms. The van der Waals surface area contributed by atoms with Crippen molar-refractivity contribution in [2.45, 2.75) is 55.9 Å². The van der Waals surface area contributed by atoms with Crippen LogP contribution in [-0.2, 0) is 9.47 Å². The fourth-order valence-corrected chi connectivity index (χ4v) is 4.08. The lowest BCUT2D eigenvalue weighted by molar-refractivity contribution is -0.319. The Morgan fingerprint density at radius 1 is 0.879 bits per heavy atom. The fourth-order valence-electron chi connectivity index (χ4n) is 4.08. The summed E-state index contributed by atoms with van der Waals surface area (Å²) in [6, 6.07) is 6.55. The van der Waals surface area contributed by atoms with Crippen LogP contribution in [0.2, 0.25) is 0 Å². The predicted molar refractivity (Wildman–Crippen MR) is 110 cm³/mol. The number of ether oxygens (including phenoxy) is 4. The van der Waals surface area contributed by atoms with Crippen molar-refractivity contribution in [2.24, 2.45) is 0 Å². The molecule has 180 valence electrons. The van der Waals surface area contributed by atoms with E-state index in [4.69, 9.17) is 18.9 Å². The highest BCUT2D eigenvalue weighted by Crippen LogP contribution is 2.49. The van der Waals surface area contributed by atoms with Gasteiger partial charge >= 0.3 is 0 Å². The molecule has 0 radical (unpaired) electrons. The number of phenolic OH excluding ortho intramolecular Hbond substituents is 3. The van der Waals surface area contributed by atoms with Crippen LogP contribution in [0.5, 0.6) is 28.7 Å². The molecule has 0 aromatic heterocycles. The second-order valence-corrected chi connectivity index (χ2v) is 8.07. The molecule has 0 bridgehead atoms. The van der Waals surface area contributed by atoms with E-state index >= 15 is 0 Å². The zero-order chi connectivity index (χ0) is 24.0. The molecule has 8 unspecified atom stereocenters. The van der Waals surface area contributed by atoms with E-state index in [1.54, 1.807) is 0 Å². The summed E-state index contributed by atoms with van der Waals surface area (Å²) >= 11 is 0. The molecule has 2 aliphatic rings. The predicted octanol–water partition coefficient (Wildman–Crippen LogP) is 0.192. The monoisotopic (exact) mass is 466 g/mol. The van der Waals surface area contributed by atoms with E-state index in [0.717, 1.165) is 6.07 Å². The molecule has 1 saturated heterocycles. The fraction of sp³-hybridized carbons (Fsp3) is 0.455. The van der Waals surface area contributed by atoms with Crippen molar-refractivity contribution in [3.8, 4) is 28.7 Å². The van der Waals surface area contributed by atoms with Gasteiger partial charge in [0.25, 0.3) is 0 Å². The molecule has 2 aromatic rings. The number of benzene rings is 2. The summed E-state index contributed by atoms with van der Waals surface area (Å²) in [5.41, 5.74) is 0.333. The summed E-state index contributed by atoms with van der Waals surface area (Å²) in [6.45, 7) is 1.48. The van der Waals surface area contributed by atoms with Crippen LogP contribution in [0.4, 0.5) is 0 Å². The largest absolute Gasteiger partial charge is 0.508 e. The lowest BCUT2D eigenvalue weighted by Gasteiger charge is -2.43. The van der Waals surface area contributed by atoms with Gasteiger partial charge in [0.1, 0.15) is 47.8 Å². The minimum atomic E-state index is -1.65. The number of phenols is 3. The van der Waals surface area contributed by atoms with Gasteiger partial charge in [-0.2, -0.15) is 0 Å². The summed E-state index contributed by atoms with van der Waals surface area (Å²) in [6.07, 6.45) is -10.8. The van der Waals surface area contributed by atoms with Crippen LogP contribution in [0.25, 0.3) is 0 Å². The third-order valence-corrected chi connectivity index (χ3v) is 5.90. The topological polar surface area (TPSA) is 179 Å². The number of hydrogen-bond donors (Lipinski definition) is 7. The standard InChI is InChI=1S/C22H26O11/c1-8-16(26)18(28)19(29)22(31-8)33-21-17(27)15-12(25)6-10(23)7-14(15)32-20(21)9-3-4-11(24)13(5-9)30-2/h3-8,16-29H,1-2H3. The molecule has 4 rings (SSSR count). The van der Waals surface area contributed by atoms with Crippen molar-refractivity contribution in [3.63, 3.8) is 0 Å². The van der Waals surface area contributed by atoms with Crippen molar-refractivity contribution in [2.75, 3.05) is 7.11 Å². The van der Waals surface area contributed by atoms with Gasteiger partial charge in [0, 0.05) is 12.1 Å². The maximum Gasteiger partial charge on any atom is 0.187 e. The van der Waals surface area contributed by atoms with Crippen LogP contribution in [0.15, 0.2) is 30.3 Å². The highest BCUT2D eigenvalue weighted by atomic mass is 16.7. The lowest BCUT2D eigenvalue weighted by atomic mass is 9.90. The molecule has 7 N–H and O–H groups in total. The molecule has 8 atom stereocenters. The van der Waals surface area contributed by atoms with Crippen LogP contribution in [0, 0.1) is 0 Å². The maximum atomic E-state index is 11.1. The number of fused-ring (bicyclic) bond motifs is 1. The maximum absolute atomic E-state index is 11.1. The first-order chi connectivity index (χ1) is 15.6. The Labute approximate surface area is 188 Å². The Bertz CT molecular complexity index is 1010. The molecule has 2 heterocycles. The number of methoxy groups -OCH3 is 1. The van der Waals surface area contributed by atoms with Crippen LogP contribution in [0.3, 0.4) is 0 Å². The normalized spacial score (nSPS) is 33.8. The van der Waals surface area contributed by atoms with E-state index in [9.17, 15) is 35.7 Å². The summed E-state index contributed by atoms with van der Waals surface area (Å²) in [5.74, 6) is -0.762. The minimum Gasteiger partial charge on any atom is -0.508 e. The Hall–Kier alpha value is -2.80. The number of aliphatic hydroxyl groups is 4. The Balaban J connectivity index is 1.75. The number of aromatic hydroxyl groups is 3. The molecule has 2 aliphatic heterocycles. The lowest BCUT2D eigenvalue weighted by Crippen LogP contribution is -2.58. The first-order valence-corrected chi connectivity index (χ1v) is 10.2. The zero-order valence-corrected chi connectivity index (χ0v) is 17.8. The Kier molecular flexibility index (Phi) is 6.27. The number of rotatable bonds is 4. The summed E-state index contributed by atoms with van der Waals surface area (Å²) < 4.78 is 22.5. The van der Waals surface area contributed by atoms with Gasteiger partial charge in [-0.25, -0.2) is 0 Å². The summed E-state index contributed by atoms with van der Waals surface area (Å²) in [4.78, 5) is 0. The SMILES string of the molecule is COc1cc(C2Oc3cc(O)cc(O)c3C(O)C2OC2OC(C)C(O)C(O)C2O)ccc1O. The quantitative estimate of drug-likeness (QED) is 0.327. The van der Waals surface area contributed by atoms with E-state index in [-0.39, 0.29) is 28.6 Å². The molecular formula is C22H26O11. The molecule has 0 saturated carbocycles. The summed E-state index contributed by atoms with van der Waals surface area (Å²) in [7, 11) is 1.36. The van der Waals surface area contributed by atoms with Crippen molar-refractivity contribution >= 4 is 0 Å². The van der Waals surface area contributed by atoms with Crippen LogP contribution < -0.4 is 9.47 Å². The smallest absolute Gasteiger partial charge is 0.187 e. The van der Waals surface area contributed by atoms with Crippen molar-refractivity contribution < 1.29 is 54.7 Å². The molecule has 0 amide bonds. The first-order valence-electron chi connectivity index (χ1n) is 10.2. The van der Waals surface area contributed by atoms with Gasteiger partial charge in [-0.3, -0.25) is 0 Å². The molecular weight excluding hydrogens is 440 g/mol. The van der Waals surface area contributed by atoms with Crippen molar-refractivity contribution in [3.05, 3.63) is 41.5 Å². The average molecular weight is 466 g/mol. The van der Waals surface area contributed by atoms with Gasteiger partial charge < -0.3 is 54.7 Å². The van der Waals surface area contributed by atoms with E-state index in [0.29, 0.717) is 5.56 Å². The number of hydrogen-bond acceptors (Lipinski definition) is 11. The second kappa shape index (κ2) is 8.86. The van der Waals surface area contributed by atoms with Crippen LogP contribution >= 0.6 is 0 Å². The van der Waals surface area contributed by atoms with E-state index in [1.165, 1.54) is 38.3 Å². The molecule has 2 aromatic carbocycles. The third kappa shape index (κ3) is 4.14. The molecule has 11 heteroatoms. The van der Waals surface area contributed by atoms with E-state index < -0.39 is 54.8 Å². The van der Waals surface area contributed by atoms with Crippen LogP contribution in [-0.4, -0.2) is 79.7 Å². The van der Waals surface area contributed by atoms with Crippen molar-refractivity contribution in [1.29, 1.82) is 0 Å². The highest BCUT2D eigenvalue weighted by Gasteiger charge is 2.48. The minimum absolute atomic E-state index is 0.00849. The second-order valence-electron chi connectivity index (χ2n) is 8.07. The van der Waals surface area contributed by atoms with Gasteiger partial charge in [0.05, 0.1) is 18.8 Å². The van der Waals surface area contributed by atoms with Gasteiger partial charge in [-0.15, -0.1) is 0 Å². The van der Waals surface area contributed by atoms with Gasteiger partial charge in [0.2, 0.25) is 0 Å². The van der Waals surface area contributed by atoms with E-state index in [2.05, 4.69) is 0 Å². The average Bonchev–Trinajstić information content (AvgIpc) is 2.77. The number of aliphatic hydroxyl groups excluding tert-OH is 4. The molecule has 0 aliphatic carbocycles. The zero-order valence-electron chi connectivity index (χ0n) is 17.8. The molecule has 1 fully saturated rings. The summed E-state index contributed by atoms with van der Waals surface area (Å²) in [5, 5.41) is 71.7. The first kappa shape index (κ1) is 23.4. The molecule has 11 nitrogen and oxygen atoms in total. The molecule has 0 spiro atoms. The Morgan fingerprint density at radius 3 is 2.30 bits per heavy atom. The Morgan fingerprint density at radius 2 is 1.61 bits per heavy atom. The third-order valence-electron chi connectivity index (χ3n) is 5.90. The highest BCUT2D eigenvalue weighted by molar-refractivity contribution is 5.53. The van der Waals surface area contributed by atoms with Gasteiger partial charge in [0.15, 0.2) is 23.9 Å². The van der Waals surface area contributed by atoms with E-state index in [1.807, 2.05) is 0 Å².